The van der Waals surface area contributed by atoms with Crippen molar-refractivity contribution >= 4 is 50.6 Å². The molecule has 0 saturated carbocycles. The summed E-state index contributed by atoms with van der Waals surface area (Å²) in [6.07, 6.45) is 1.45. The molecule has 3 aromatic carbocycles. The number of hydrogen-bond acceptors (Lipinski definition) is 6. The number of benzene rings is 3. The molecular formula is C25H19BrClN3O4. The molecule has 0 saturated heterocycles. The van der Waals surface area contributed by atoms with Gasteiger partial charge in [0.15, 0.2) is 12.4 Å². The standard InChI is InChI=1S/C25H19BrClN3O4/c1-2-33-22(31)15-34-23-17(12-18(27)13-20(23)26)14-28-30-24(16-8-4-3-5-9-16)29-21-11-7-6-10-19(21)25(30)32/h3-14H,2,15H2,1H3. The smallest absolute Gasteiger partial charge is 0.344 e. The summed E-state index contributed by atoms with van der Waals surface area (Å²) in [6, 6.07) is 19.7. The molecule has 0 aliphatic rings. The molecular weight excluding hydrogens is 522 g/mol. The molecule has 4 rings (SSSR count). The maximum atomic E-state index is 13.3. The largest absolute Gasteiger partial charge is 0.480 e. The minimum Gasteiger partial charge on any atom is -0.480 e. The number of carbonyl (C=O) groups is 1. The number of rotatable bonds is 7. The summed E-state index contributed by atoms with van der Waals surface area (Å²) in [5, 5.41) is 5.31. The lowest BCUT2D eigenvalue weighted by molar-refractivity contribution is -0.145. The van der Waals surface area contributed by atoms with E-state index in [2.05, 4.69) is 26.0 Å². The Labute approximate surface area is 208 Å². The Morgan fingerprint density at radius 1 is 1.15 bits per heavy atom. The molecule has 0 spiro atoms. The second kappa shape index (κ2) is 10.6. The number of hydrogen-bond donors (Lipinski definition) is 0. The first-order valence-corrected chi connectivity index (χ1v) is 11.5. The van der Waals surface area contributed by atoms with Crippen LogP contribution in [0.1, 0.15) is 12.5 Å². The molecule has 0 atom stereocenters. The normalized spacial score (nSPS) is 11.1. The summed E-state index contributed by atoms with van der Waals surface area (Å²) < 4.78 is 12.4. The van der Waals surface area contributed by atoms with E-state index in [9.17, 15) is 9.59 Å². The minimum atomic E-state index is -0.506. The zero-order valence-corrected chi connectivity index (χ0v) is 20.4. The zero-order chi connectivity index (χ0) is 24.1. The third kappa shape index (κ3) is 5.18. The van der Waals surface area contributed by atoms with E-state index in [0.29, 0.717) is 37.5 Å². The summed E-state index contributed by atoms with van der Waals surface area (Å²) >= 11 is 9.64. The van der Waals surface area contributed by atoms with Crippen molar-refractivity contribution in [1.29, 1.82) is 0 Å². The zero-order valence-electron chi connectivity index (χ0n) is 18.1. The predicted octanol–water partition coefficient (Wildman–Crippen LogP) is 5.30. The van der Waals surface area contributed by atoms with Gasteiger partial charge in [-0.2, -0.15) is 9.78 Å². The van der Waals surface area contributed by atoms with Gasteiger partial charge in [0.05, 0.1) is 28.2 Å². The Bertz CT molecular complexity index is 1440. The highest BCUT2D eigenvalue weighted by molar-refractivity contribution is 9.10. The number of aromatic nitrogens is 2. The Kier molecular flexibility index (Phi) is 7.40. The monoisotopic (exact) mass is 539 g/mol. The molecule has 0 fully saturated rings. The van der Waals surface area contributed by atoms with Crippen molar-refractivity contribution in [2.24, 2.45) is 5.10 Å². The quantitative estimate of drug-likeness (QED) is 0.235. The SMILES string of the molecule is CCOC(=O)COc1c(Br)cc(Cl)cc1C=Nn1c(-c2ccccc2)nc2ccccc2c1=O. The molecule has 34 heavy (non-hydrogen) atoms. The highest BCUT2D eigenvalue weighted by Crippen LogP contribution is 2.32. The van der Waals surface area contributed by atoms with E-state index in [1.54, 1.807) is 37.3 Å². The van der Waals surface area contributed by atoms with E-state index >= 15 is 0 Å². The van der Waals surface area contributed by atoms with Crippen LogP contribution in [0.25, 0.3) is 22.3 Å². The fourth-order valence-corrected chi connectivity index (χ4v) is 4.24. The van der Waals surface area contributed by atoms with Crippen LogP contribution in [-0.4, -0.2) is 35.1 Å². The Hall–Kier alpha value is -3.49. The van der Waals surface area contributed by atoms with E-state index in [1.165, 1.54) is 10.9 Å². The first-order chi connectivity index (χ1) is 16.5. The van der Waals surface area contributed by atoms with E-state index < -0.39 is 5.97 Å². The van der Waals surface area contributed by atoms with Crippen LogP contribution < -0.4 is 10.3 Å². The number of carbonyl (C=O) groups excluding carboxylic acids is 1. The molecule has 7 nitrogen and oxygen atoms in total. The maximum absolute atomic E-state index is 13.3. The van der Waals surface area contributed by atoms with E-state index in [0.717, 1.165) is 5.56 Å². The maximum Gasteiger partial charge on any atom is 0.344 e. The third-order valence-corrected chi connectivity index (χ3v) is 5.58. The van der Waals surface area contributed by atoms with Crippen LogP contribution in [0.4, 0.5) is 0 Å². The number of esters is 1. The van der Waals surface area contributed by atoms with Crippen LogP contribution in [0.15, 0.2) is 81.1 Å². The summed E-state index contributed by atoms with van der Waals surface area (Å²) in [4.78, 5) is 29.8. The molecule has 0 N–H and O–H groups in total. The molecule has 0 radical (unpaired) electrons. The number of nitrogens with zero attached hydrogens (tertiary/aromatic N) is 3. The van der Waals surface area contributed by atoms with Crippen LogP contribution in [0.5, 0.6) is 5.75 Å². The summed E-state index contributed by atoms with van der Waals surface area (Å²) in [7, 11) is 0. The molecule has 4 aromatic rings. The molecule has 1 aromatic heterocycles. The van der Waals surface area contributed by atoms with Gasteiger partial charge in [-0.3, -0.25) is 4.79 Å². The van der Waals surface area contributed by atoms with Crippen molar-refractivity contribution in [3.63, 3.8) is 0 Å². The van der Waals surface area contributed by atoms with E-state index in [4.69, 9.17) is 21.1 Å². The third-order valence-electron chi connectivity index (χ3n) is 4.77. The van der Waals surface area contributed by atoms with Crippen molar-refractivity contribution in [3.05, 3.63) is 92.1 Å². The molecule has 0 amide bonds. The highest BCUT2D eigenvalue weighted by Gasteiger charge is 2.15. The van der Waals surface area contributed by atoms with Gasteiger partial charge in [0.1, 0.15) is 5.75 Å². The van der Waals surface area contributed by atoms with Crippen molar-refractivity contribution in [2.45, 2.75) is 6.92 Å². The molecule has 0 bridgehead atoms. The van der Waals surface area contributed by atoms with Crippen molar-refractivity contribution in [3.8, 4) is 17.1 Å². The number of halogens is 2. The Balaban J connectivity index is 1.82. The van der Waals surface area contributed by atoms with Gasteiger partial charge < -0.3 is 9.47 Å². The molecule has 0 aliphatic carbocycles. The second-order valence-corrected chi connectivity index (χ2v) is 8.37. The van der Waals surface area contributed by atoms with Gasteiger partial charge in [-0.05, 0) is 47.1 Å². The van der Waals surface area contributed by atoms with Gasteiger partial charge in [-0.25, -0.2) is 9.78 Å². The molecule has 9 heteroatoms. The fraction of sp³-hybridized carbons (Fsp3) is 0.120. The van der Waals surface area contributed by atoms with Crippen molar-refractivity contribution < 1.29 is 14.3 Å². The highest BCUT2D eigenvalue weighted by atomic mass is 79.9. The van der Waals surface area contributed by atoms with E-state index in [-0.39, 0.29) is 18.8 Å². The van der Waals surface area contributed by atoms with Crippen LogP contribution in [-0.2, 0) is 9.53 Å². The van der Waals surface area contributed by atoms with Crippen molar-refractivity contribution in [2.75, 3.05) is 13.2 Å². The van der Waals surface area contributed by atoms with Gasteiger partial charge in [0.25, 0.3) is 5.56 Å². The Morgan fingerprint density at radius 2 is 1.88 bits per heavy atom. The summed E-state index contributed by atoms with van der Waals surface area (Å²) in [5.41, 5.74) is 1.44. The molecule has 1 heterocycles. The van der Waals surface area contributed by atoms with Crippen LogP contribution in [0.2, 0.25) is 5.02 Å². The van der Waals surface area contributed by atoms with Gasteiger partial charge in [0.2, 0.25) is 0 Å². The number of fused-ring (bicyclic) bond motifs is 1. The van der Waals surface area contributed by atoms with Crippen LogP contribution >= 0.6 is 27.5 Å². The van der Waals surface area contributed by atoms with Gasteiger partial charge in [-0.15, -0.1) is 0 Å². The number of ether oxygens (including phenoxy) is 2. The average molecular weight is 541 g/mol. The Morgan fingerprint density at radius 3 is 2.65 bits per heavy atom. The molecule has 172 valence electrons. The number of para-hydroxylation sites is 1. The van der Waals surface area contributed by atoms with Crippen LogP contribution in [0, 0.1) is 0 Å². The first kappa shape index (κ1) is 23.7. The summed E-state index contributed by atoms with van der Waals surface area (Å²) in [5.74, 6) is 0.216. The van der Waals surface area contributed by atoms with Crippen LogP contribution in [0.3, 0.4) is 0 Å². The average Bonchev–Trinajstić information content (AvgIpc) is 2.83. The minimum absolute atomic E-state index is 0.248. The molecule has 0 unspecified atom stereocenters. The lowest BCUT2D eigenvalue weighted by Gasteiger charge is -2.12. The predicted molar refractivity (Wildman–Crippen MR) is 136 cm³/mol. The lowest BCUT2D eigenvalue weighted by Crippen LogP contribution is -2.20. The summed E-state index contributed by atoms with van der Waals surface area (Å²) in [6.45, 7) is 1.67. The van der Waals surface area contributed by atoms with Gasteiger partial charge >= 0.3 is 5.97 Å². The fourth-order valence-electron chi connectivity index (χ4n) is 3.29. The lowest BCUT2D eigenvalue weighted by atomic mass is 10.2. The first-order valence-electron chi connectivity index (χ1n) is 10.4. The second-order valence-electron chi connectivity index (χ2n) is 7.08. The topological polar surface area (TPSA) is 82.8 Å². The van der Waals surface area contributed by atoms with Crippen molar-refractivity contribution in [1.82, 2.24) is 9.66 Å². The van der Waals surface area contributed by atoms with Gasteiger partial charge in [0, 0.05) is 16.1 Å². The molecule has 0 aliphatic heterocycles. The van der Waals surface area contributed by atoms with E-state index in [1.807, 2.05) is 36.4 Å². The van der Waals surface area contributed by atoms with Gasteiger partial charge in [-0.1, -0.05) is 54.1 Å².